The third kappa shape index (κ3) is 6.68. The molecule has 0 radical (unpaired) electrons. The first-order chi connectivity index (χ1) is 18.6. The zero-order chi connectivity index (χ0) is 28.7. The molecule has 2 aromatic heterocycles. The molecule has 0 aliphatic carbocycles. The van der Waals surface area contributed by atoms with Gasteiger partial charge in [-0.3, -0.25) is 19.5 Å². The second kappa shape index (κ2) is 12.8. The highest BCUT2D eigenvalue weighted by Crippen LogP contribution is 2.39. The summed E-state index contributed by atoms with van der Waals surface area (Å²) in [5, 5.41) is 15.6. The predicted molar refractivity (Wildman–Crippen MR) is 157 cm³/mol. The standard InChI is InChI=1S/C28H35N7O4/c1-8-10-11-12-19(9-2)21-15-20-18-29-28(31-26(20)34(6)27(21)36)30-22-16-24(35(37)38)23(17-25(22)39-7)33(5)14-13-32(3)4/h8-12,15-18H,13-14H2,1-7H3,(H,29,30,31)/b10-8-,12-11-,19-9-. The van der Waals surface area contributed by atoms with Crippen molar-refractivity contribution < 1.29 is 9.66 Å². The molecule has 206 valence electrons. The van der Waals surface area contributed by atoms with Crippen LogP contribution < -0.4 is 20.5 Å². The number of hydrogen-bond donors (Lipinski definition) is 1. The van der Waals surface area contributed by atoms with Crippen LogP contribution in [-0.2, 0) is 7.05 Å². The highest BCUT2D eigenvalue weighted by molar-refractivity contribution is 5.84. The number of ether oxygens (including phenoxy) is 1. The Hall–Kier alpha value is -4.51. The van der Waals surface area contributed by atoms with Crippen molar-refractivity contribution in [2.45, 2.75) is 13.8 Å². The molecule has 3 aromatic rings. The average Bonchev–Trinajstić information content (AvgIpc) is 2.92. The molecule has 0 bridgehead atoms. The summed E-state index contributed by atoms with van der Waals surface area (Å²) in [5.41, 5.74) is 2.21. The summed E-state index contributed by atoms with van der Waals surface area (Å²) in [6.07, 6.45) is 11.0. The van der Waals surface area contributed by atoms with E-state index in [1.165, 1.54) is 17.7 Å². The Morgan fingerprint density at radius 3 is 2.54 bits per heavy atom. The van der Waals surface area contributed by atoms with Crippen molar-refractivity contribution >= 4 is 39.6 Å². The summed E-state index contributed by atoms with van der Waals surface area (Å²) in [7, 11) is 8.83. The molecule has 0 aliphatic rings. The summed E-state index contributed by atoms with van der Waals surface area (Å²) >= 11 is 0. The van der Waals surface area contributed by atoms with Gasteiger partial charge in [0.2, 0.25) is 5.95 Å². The monoisotopic (exact) mass is 533 g/mol. The zero-order valence-electron chi connectivity index (χ0n) is 23.4. The van der Waals surface area contributed by atoms with Crippen LogP contribution in [0.5, 0.6) is 5.75 Å². The SMILES string of the molecule is C\C=C/C=C\C(=C\C)c1cc2cnc(Nc3cc([N+](=O)[O-])c(N(C)CCN(C)C)cc3OC)nc2n(C)c1=O. The Morgan fingerprint density at radius 2 is 1.92 bits per heavy atom. The van der Waals surface area contributed by atoms with E-state index in [1.54, 1.807) is 32.4 Å². The Morgan fingerprint density at radius 1 is 1.18 bits per heavy atom. The summed E-state index contributed by atoms with van der Waals surface area (Å²) in [6, 6.07) is 4.80. The van der Waals surface area contributed by atoms with E-state index in [-0.39, 0.29) is 17.2 Å². The molecule has 2 heterocycles. The van der Waals surface area contributed by atoms with Gasteiger partial charge in [0.15, 0.2) is 0 Å². The van der Waals surface area contributed by atoms with Gasteiger partial charge in [-0.05, 0) is 39.6 Å². The molecule has 1 aromatic carbocycles. The summed E-state index contributed by atoms with van der Waals surface area (Å²) < 4.78 is 7.01. The van der Waals surface area contributed by atoms with Gasteiger partial charge in [0.05, 0.1) is 17.7 Å². The fourth-order valence-electron chi connectivity index (χ4n) is 3.99. The van der Waals surface area contributed by atoms with Crippen LogP contribution in [0.3, 0.4) is 0 Å². The maximum atomic E-state index is 13.2. The molecule has 0 atom stereocenters. The third-order valence-electron chi connectivity index (χ3n) is 6.18. The van der Waals surface area contributed by atoms with E-state index in [0.29, 0.717) is 40.3 Å². The molecule has 0 unspecified atom stereocenters. The number of aryl methyl sites for hydroxylation is 1. The van der Waals surface area contributed by atoms with Crippen molar-refractivity contribution in [1.82, 2.24) is 19.4 Å². The number of fused-ring (bicyclic) bond motifs is 1. The summed E-state index contributed by atoms with van der Waals surface area (Å²) in [4.78, 5) is 37.5. The van der Waals surface area contributed by atoms with Gasteiger partial charge < -0.3 is 19.9 Å². The van der Waals surface area contributed by atoms with Gasteiger partial charge >= 0.3 is 0 Å². The number of aromatic nitrogens is 3. The minimum absolute atomic E-state index is 0.0813. The number of nitro benzene ring substituents is 1. The van der Waals surface area contributed by atoms with Crippen LogP contribution in [0.4, 0.5) is 23.0 Å². The van der Waals surface area contributed by atoms with E-state index in [1.807, 2.05) is 68.1 Å². The van der Waals surface area contributed by atoms with Gasteiger partial charge in [-0.2, -0.15) is 4.98 Å². The Balaban J connectivity index is 2.03. The first-order valence-electron chi connectivity index (χ1n) is 12.4. The van der Waals surface area contributed by atoms with Crippen LogP contribution in [0.25, 0.3) is 16.6 Å². The number of nitro groups is 1. The number of nitrogens with one attached hydrogen (secondary N) is 1. The van der Waals surface area contributed by atoms with E-state index in [2.05, 4.69) is 15.3 Å². The highest BCUT2D eigenvalue weighted by Gasteiger charge is 2.22. The quantitative estimate of drug-likeness (QED) is 0.215. The van der Waals surface area contributed by atoms with E-state index in [9.17, 15) is 14.9 Å². The number of nitrogens with zero attached hydrogens (tertiary/aromatic N) is 6. The molecule has 0 saturated carbocycles. The van der Waals surface area contributed by atoms with E-state index in [4.69, 9.17) is 4.74 Å². The lowest BCUT2D eigenvalue weighted by molar-refractivity contribution is -0.384. The van der Waals surface area contributed by atoms with Gasteiger partial charge in [-0.1, -0.05) is 30.4 Å². The molecular formula is C28H35N7O4. The number of anilines is 3. The van der Waals surface area contributed by atoms with E-state index in [0.717, 1.165) is 12.1 Å². The van der Waals surface area contributed by atoms with Crippen molar-refractivity contribution in [2.75, 3.05) is 51.6 Å². The maximum Gasteiger partial charge on any atom is 0.294 e. The molecule has 11 heteroatoms. The van der Waals surface area contributed by atoms with E-state index >= 15 is 0 Å². The summed E-state index contributed by atoms with van der Waals surface area (Å²) in [6.45, 7) is 5.11. The van der Waals surface area contributed by atoms with Crippen LogP contribution in [0.2, 0.25) is 0 Å². The van der Waals surface area contributed by atoms with Crippen LogP contribution >= 0.6 is 0 Å². The van der Waals surface area contributed by atoms with Gasteiger partial charge in [0, 0.05) is 56.5 Å². The Kier molecular flexibility index (Phi) is 9.56. The number of likely N-dealkylation sites (N-methyl/N-ethyl adjacent to an activating group) is 2. The van der Waals surface area contributed by atoms with Crippen molar-refractivity contribution in [3.63, 3.8) is 0 Å². The number of allylic oxidation sites excluding steroid dienone is 6. The number of pyridine rings is 1. The first-order valence-corrected chi connectivity index (χ1v) is 12.4. The predicted octanol–water partition coefficient (Wildman–Crippen LogP) is 4.52. The van der Waals surface area contributed by atoms with Crippen molar-refractivity contribution in [1.29, 1.82) is 0 Å². The van der Waals surface area contributed by atoms with Crippen LogP contribution in [0.1, 0.15) is 19.4 Å². The first kappa shape index (κ1) is 29.1. The third-order valence-corrected chi connectivity index (χ3v) is 6.18. The number of methoxy groups -OCH3 is 1. The fraction of sp³-hybridized carbons (Fsp3) is 0.321. The molecule has 0 fully saturated rings. The molecule has 0 aliphatic heterocycles. The lowest BCUT2D eigenvalue weighted by atomic mass is 10.1. The minimum Gasteiger partial charge on any atom is -0.494 e. The van der Waals surface area contributed by atoms with Crippen LogP contribution in [0, 0.1) is 10.1 Å². The van der Waals surface area contributed by atoms with Gasteiger partial charge in [-0.15, -0.1) is 0 Å². The molecule has 3 rings (SSSR count). The molecule has 0 saturated heterocycles. The number of hydrogen-bond acceptors (Lipinski definition) is 9. The Labute approximate surface area is 227 Å². The second-order valence-corrected chi connectivity index (χ2v) is 9.17. The minimum atomic E-state index is -0.428. The Bertz CT molecular complexity index is 1510. The second-order valence-electron chi connectivity index (χ2n) is 9.17. The number of benzene rings is 1. The molecule has 1 N–H and O–H groups in total. The van der Waals surface area contributed by atoms with Gasteiger partial charge in [-0.25, -0.2) is 4.98 Å². The van der Waals surface area contributed by atoms with Crippen LogP contribution in [0.15, 0.2) is 59.6 Å². The van der Waals surface area contributed by atoms with Gasteiger partial charge in [0.1, 0.15) is 17.1 Å². The van der Waals surface area contributed by atoms with E-state index < -0.39 is 4.92 Å². The number of rotatable bonds is 11. The lowest BCUT2D eigenvalue weighted by Gasteiger charge is -2.22. The molecule has 11 nitrogen and oxygen atoms in total. The summed E-state index contributed by atoms with van der Waals surface area (Å²) in [5.74, 6) is 0.566. The van der Waals surface area contributed by atoms with Gasteiger partial charge in [0.25, 0.3) is 11.2 Å². The van der Waals surface area contributed by atoms with Crippen molar-refractivity contribution in [2.24, 2.45) is 7.05 Å². The molecular weight excluding hydrogens is 498 g/mol. The van der Waals surface area contributed by atoms with Crippen molar-refractivity contribution in [3.05, 3.63) is 80.8 Å². The smallest absolute Gasteiger partial charge is 0.294 e. The maximum absolute atomic E-state index is 13.2. The molecule has 0 spiro atoms. The van der Waals surface area contributed by atoms with Crippen LogP contribution in [-0.4, -0.2) is 65.7 Å². The zero-order valence-corrected chi connectivity index (χ0v) is 23.4. The highest BCUT2D eigenvalue weighted by atomic mass is 16.6. The molecule has 39 heavy (non-hydrogen) atoms. The topological polar surface area (TPSA) is 119 Å². The van der Waals surface area contributed by atoms with Crippen molar-refractivity contribution in [3.8, 4) is 5.75 Å². The normalized spacial score (nSPS) is 12.2. The largest absolute Gasteiger partial charge is 0.494 e. The lowest BCUT2D eigenvalue weighted by Crippen LogP contribution is -2.29. The fourth-order valence-corrected chi connectivity index (χ4v) is 3.99. The molecule has 0 amide bonds. The average molecular weight is 534 g/mol.